The quantitative estimate of drug-likeness (QED) is 0.607. The van der Waals surface area contributed by atoms with Crippen LogP contribution in [-0.2, 0) is 6.42 Å². The van der Waals surface area contributed by atoms with Crippen molar-refractivity contribution in [3.8, 4) is 0 Å². The van der Waals surface area contributed by atoms with Gasteiger partial charge in [0.15, 0.2) is 0 Å². The molecule has 0 amide bonds. The number of rotatable bonds is 6. The van der Waals surface area contributed by atoms with E-state index >= 15 is 0 Å². The maximum Gasteiger partial charge on any atom is 0.0408 e. The first kappa shape index (κ1) is 13.5. The third-order valence-corrected chi connectivity index (χ3v) is 3.26. The van der Waals surface area contributed by atoms with Crippen LogP contribution in [-0.4, -0.2) is 23.2 Å². The summed E-state index contributed by atoms with van der Waals surface area (Å²) in [6.07, 6.45) is 0.996. The fraction of sp³-hybridized carbons (Fsp3) is 0.455. The minimum absolute atomic E-state index is 0.454. The number of hydrogen-bond acceptors (Lipinski definition) is 1. The van der Waals surface area contributed by atoms with E-state index in [9.17, 15) is 0 Å². The van der Waals surface area contributed by atoms with Gasteiger partial charge < -0.3 is 5.32 Å². The molecule has 0 radical (unpaired) electrons. The molecule has 0 heterocycles. The van der Waals surface area contributed by atoms with E-state index in [1.54, 1.807) is 0 Å². The molecule has 84 valence electrons. The molecule has 0 saturated carbocycles. The Labute approximate surface area is 113 Å². The normalized spacial score (nSPS) is 12.7. The summed E-state index contributed by atoms with van der Waals surface area (Å²) in [5.41, 5.74) is 1.27. The van der Waals surface area contributed by atoms with Crippen molar-refractivity contribution >= 4 is 43.5 Å². The van der Waals surface area contributed by atoms with E-state index in [1.807, 2.05) is 18.2 Å². The molecule has 0 saturated heterocycles. The zero-order valence-corrected chi connectivity index (χ0v) is 12.3. The van der Waals surface area contributed by atoms with Crippen LogP contribution in [0.15, 0.2) is 24.3 Å². The Hall–Kier alpha value is 0.430. The number of hydrogen-bond donors (Lipinski definition) is 1. The summed E-state index contributed by atoms with van der Waals surface area (Å²) in [6, 6.07) is 8.01. The largest absolute Gasteiger partial charge is 0.315 e. The van der Waals surface area contributed by atoms with Crippen molar-refractivity contribution in [2.45, 2.75) is 11.2 Å². The second kappa shape index (κ2) is 7.66. The molecular formula is C11H14Br2ClN. The van der Waals surface area contributed by atoms with Gasteiger partial charge in [0.25, 0.3) is 0 Å². The third kappa shape index (κ3) is 5.91. The zero-order valence-electron chi connectivity index (χ0n) is 8.35. The molecule has 0 aliphatic carbocycles. The molecule has 0 fully saturated rings. The maximum atomic E-state index is 5.92. The fourth-order valence-corrected chi connectivity index (χ4v) is 2.41. The zero-order chi connectivity index (χ0) is 11.1. The van der Waals surface area contributed by atoms with E-state index in [4.69, 9.17) is 11.6 Å². The summed E-state index contributed by atoms with van der Waals surface area (Å²) in [5.74, 6) is 0. The van der Waals surface area contributed by atoms with Crippen LogP contribution in [0.25, 0.3) is 0 Å². The van der Waals surface area contributed by atoms with Crippen LogP contribution in [0.4, 0.5) is 0 Å². The first-order valence-electron chi connectivity index (χ1n) is 4.87. The molecule has 4 heteroatoms. The van der Waals surface area contributed by atoms with E-state index in [1.165, 1.54) is 5.56 Å². The highest BCUT2D eigenvalue weighted by Gasteiger charge is 2.04. The summed E-state index contributed by atoms with van der Waals surface area (Å²) >= 11 is 12.9. The van der Waals surface area contributed by atoms with Gasteiger partial charge in [-0.05, 0) is 24.1 Å². The van der Waals surface area contributed by atoms with Gasteiger partial charge in [-0.1, -0.05) is 55.6 Å². The molecule has 1 atom stereocenters. The Kier molecular flexibility index (Phi) is 6.89. The molecule has 0 aliphatic rings. The van der Waals surface area contributed by atoms with Crippen molar-refractivity contribution in [2.75, 3.05) is 18.4 Å². The minimum Gasteiger partial charge on any atom is -0.315 e. The summed E-state index contributed by atoms with van der Waals surface area (Å²) in [7, 11) is 0. The van der Waals surface area contributed by atoms with Gasteiger partial charge in [0, 0.05) is 28.3 Å². The van der Waals surface area contributed by atoms with Gasteiger partial charge in [0.1, 0.15) is 0 Å². The molecule has 1 unspecified atom stereocenters. The second-order valence-corrected chi connectivity index (χ2v) is 5.85. The van der Waals surface area contributed by atoms with Gasteiger partial charge in [-0.25, -0.2) is 0 Å². The molecular weight excluding hydrogens is 341 g/mol. The molecule has 0 bridgehead atoms. The Morgan fingerprint density at radius 3 is 2.87 bits per heavy atom. The molecule has 0 aliphatic heterocycles. The first-order valence-corrected chi connectivity index (χ1v) is 7.29. The molecule has 1 aromatic rings. The number of halogens is 3. The van der Waals surface area contributed by atoms with Crippen LogP contribution >= 0.6 is 43.5 Å². The average Bonchev–Trinajstić information content (AvgIpc) is 2.18. The van der Waals surface area contributed by atoms with Crippen molar-refractivity contribution in [3.05, 3.63) is 34.9 Å². The highest BCUT2D eigenvalue weighted by atomic mass is 79.9. The first-order chi connectivity index (χ1) is 7.22. The molecule has 15 heavy (non-hydrogen) atoms. The number of alkyl halides is 2. The van der Waals surface area contributed by atoms with E-state index in [0.29, 0.717) is 4.83 Å². The Bertz CT molecular complexity index is 294. The summed E-state index contributed by atoms with van der Waals surface area (Å²) < 4.78 is 0. The van der Waals surface area contributed by atoms with Crippen LogP contribution in [0, 0.1) is 0 Å². The average molecular weight is 356 g/mol. The monoisotopic (exact) mass is 353 g/mol. The lowest BCUT2D eigenvalue weighted by Gasteiger charge is -2.10. The van der Waals surface area contributed by atoms with E-state index < -0.39 is 0 Å². The van der Waals surface area contributed by atoms with Gasteiger partial charge >= 0.3 is 0 Å². The van der Waals surface area contributed by atoms with Gasteiger partial charge in [0.2, 0.25) is 0 Å². The van der Waals surface area contributed by atoms with Crippen LogP contribution in [0.3, 0.4) is 0 Å². The lowest BCUT2D eigenvalue weighted by Crippen LogP contribution is -2.25. The predicted octanol–water partition coefficient (Wildman–Crippen LogP) is 3.63. The van der Waals surface area contributed by atoms with Crippen LogP contribution in [0.5, 0.6) is 0 Å². The molecule has 1 N–H and O–H groups in total. The highest BCUT2D eigenvalue weighted by Crippen LogP contribution is 2.14. The SMILES string of the molecule is Clc1cccc(CC(Br)CNCCBr)c1. The van der Waals surface area contributed by atoms with E-state index in [2.05, 4.69) is 43.2 Å². The van der Waals surface area contributed by atoms with E-state index in [-0.39, 0.29) is 0 Å². The van der Waals surface area contributed by atoms with Crippen LogP contribution < -0.4 is 5.32 Å². The van der Waals surface area contributed by atoms with Crippen molar-refractivity contribution in [1.82, 2.24) is 5.32 Å². The van der Waals surface area contributed by atoms with Gasteiger partial charge in [0.05, 0.1) is 0 Å². The molecule has 0 aromatic heterocycles. The topological polar surface area (TPSA) is 12.0 Å². The summed E-state index contributed by atoms with van der Waals surface area (Å²) in [6.45, 7) is 1.97. The summed E-state index contributed by atoms with van der Waals surface area (Å²) in [5, 5.41) is 5.14. The van der Waals surface area contributed by atoms with Crippen LogP contribution in [0.2, 0.25) is 5.02 Å². The van der Waals surface area contributed by atoms with Gasteiger partial charge in [-0.15, -0.1) is 0 Å². The van der Waals surface area contributed by atoms with Crippen molar-refractivity contribution in [1.29, 1.82) is 0 Å². The molecule has 1 rings (SSSR count). The molecule has 0 spiro atoms. The van der Waals surface area contributed by atoms with Crippen molar-refractivity contribution < 1.29 is 0 Å². The van der Waals surface area contributed by atoms with Crippen molar-refractivity contribution in [2.24, 2.45) is 0 Å². The molecule has 1 nitrogen and oxygen atoms in total. The minimum atomic E-state index is 0.454. The molecule has 1 aromatic carbocycles. The highest BCUT2D eigenvalue weighted by molar-refractivity contribution is 9.09. The fourth-order valence-electron chi connectivity index (χ4n) is 1.32. The van der Waals surface area contributed by atoms with Crippen LogP contribution in [0.1, 0.15) is 5.56 Å². The van der Waals surface area contributed by atoms with E-state index in [0.717, 1.165) is 29.9 Å². The summed E-state index contributed by atoms with van der Waals surface area (Å²) in [4.78, 5) is 0.454. The Balaban J connectivity index is 2.34. The standard InChI is InChI=1S/C11H14Br2ClN/c12-4-5-15-8-10(13)6-9-2-1-3-11(14)7-9/h1-3,7,10,15H,4-6,8H2. The van der Waals surface area contributed by atoms with Gasteiger partial charge in [-0.3, -0.25) is 0 Å². The van der Waals surface area contributed by atoms with Crippen molar-refractivity contribution in [3.63, 3.8) is 0 Å². The lowest BCUT2D eigenvalue weighted by molar-refractivity contribution is 0.696. The van der Waals surface area contributed by atoms with Gasteiger partial charge in [-0.2, -0.15) is 0 Å². The predicted molar refractivity (Wildman–Crippen MR) is 74.5 cm³/mol. The Morgan fingerprint density at radius 2 is 2.20 bits per heavy atom. The second-order valence-electron chi connectivity index (χ2n) is 3.32. The number of nitrogens with one attached hydrogen (secondary N) is 1. The maximum absolute atomic E-state index is 5.92. The Morgan fingerprint density at radius 1 is 1.40 bits per heavy atom. The third-order valence-electron chi connectivity index (χ3n) is 1.98. The number of benzene rings is 1. The smallest absolute Gasteiger partial charge is 0.0408 e. The lowest BCUT2D eigenvalue weighted by atomic mass is 10.1.